The number of thiocarbonyl (C=S) groups is 1. The van der Waals surface area contributed by atoms with E-state index in [-0.39, 0.29) is 0 Å². The van der Waals surface area contributed by atoms with Crippen molar-refractivity contribution in [1.29, 1.82) is 0 Å². The van der Waals surface area contributed by atoms with E-state index in [1.165, 1.54) is 0 Å². The van der Waals surface area contributed by atoms with Gasteiger partial charge >= 0.3 is 0 Å². The van der Waals surface area contributed by atoms with Crippen molar-refractivity contribution in [3.8, 4) is 0 Å². The standard InChI is InChI=1S/C12H18N2S2/c1-8-6-10(14-9(2)7-16-3)4-5-11(8)12(13)15/h4-6,9,14H,7H2,1-3H3,(H2,13,15). The summed E-state index contributed by atoms with van der Waals surface area (Å²) in [6.45, 7) is 4.20. The van der Waals surface area contributed by atoms with E-state index in [1.807, 2.05) is 30.8 Å². The van der Waals surface area contributed by atoms with Gasteiger partial charge in [-0.1, -0.05) is 12.2 Å². The van der Waals surface area contributed by atoms with Gasteiger partial charge in [0.05, 0.1) is 0 Å². The molecule has 1 unspecified atom stereocenters. The molecular formula is C12H18N2S2. The fraction of sp³-hybridized carbons (Fsp3) is 0.417. The van der Waals surface area contributed by atoms with Crippen LogP contribution in [0.5, 0.6) is 0 Å². The van der Waals surface area contributed by atoms with Gasteiger partial charge in [-0.15, -0.1) is 0 Å². The Hall–Kier alpha value is -0.740. The van der Waals surface area contributed by atoms with E-state index in [1.54, 1.807) is 0 Å². The molecule has 0 aliphatic carbocycles. The van der Waals surface area contributed by atoms with Crippen LogP contribution in [0.15, 0.2) is 18.2 Å². The predicted octanol–water partition coefficient (Wildman–Crippen LogP) is 2.79. The lowest BCUT2D eigenvalue weighted by Gasteiger charge is -2.15. The van der Waals surface area contributed by atoms with Gasteiger partial charge in [0.15, 0.2) is 0 Å². The Kier molecular flexibility index (Phi) is 5.09. The van der Waals surface area contributed by atoms with Crippen molar-refractivity contribution < 1.29 is 0 Å². The van der Waals surface area contributed by atoms with Crippen molar-refractivity contribution in [3.05, 3.63) is 29.3 Å². The second-order valence-corrected chi connectivity index (χ2v) is 5.25. The highest BCUT2D eigenvalue weighted by Crippen LogP contribution is 2.16. The number of benzene rings is 1. The minimum Gasteiger partial charge on any atom is -0.389 e. The molecule has 1 aromatic rings. The molecule has 0 bridgehead atoms. The van der Waals surface area contributed by atoms with Gasteiger partial charge in [-0.05, 0) is 43.9 Å². The Morgan fingerprint density at radius 2 is 2.25 bits per heavy atom. The van der Waals surface area contributed by atoms with Crippen molar-refractivity contribution in [2.45, 2.75) is 19.9 Å². The number of thioether (sulfide) groups is 1. The lowest BCUT2D eigenvalue weighted by molar-refractivity contribution is 0.914. The SMILES string of the molecule is CSCC(C)Nc1ccc(C(N)=S)c(C)c1. The summed E-state index contributed by atoms with van der Waals surface area (Å²) in [5, 5.41) is 3.44. The fourth-order valence-corrected chi connectivity index (χ4v) is 2.42. The highest BCUT2D eigenvalue weighted by atomic mass is 32.2. The summed E-state index contributed by atoms with van der Waals surface area (Å²) in [7, 11) is 0. The van der Waals surface area contributed by atoms with Gasteiger partial charge in [0.2, 0.25) is 0 Å². The molecule has 0 radical (unpaired) electrons. The van der Waals surface area contributed by atoms with Gasteiger partial charge in [-0.2, -0.15) is 11.8 Å². The van der Waals surface area contributed by atoms with Crippen molar-refractivity contribution in [1.82, 2.24) is 0 Å². The molecule has 16 heavy (non-hydrogen) atoms. The lowest BCUT2D eigenvalue weighted by atomic mass is 10.1. The monoisotopic (exact) mass is 254 g/mol. The summed E-state index contributed by atoms with van der Waals surface area (Å²) in [6.07, 6.45) is 2.11. The molecule has 0 fully saturated rings. The molecule has 0 aliphatic rings. The fourth-order valence-electron chi connectivity index (χ4n) is 1.61. The number of nitrogens with one attached hydrogen (secondary N) is 1. The van der Waals surface area contributed by atoms with Crippen LogP contribution in [0.3, 0.4) is 0 Å². The van der Waals surface area contributed by atoms with Crippen LogP contribution < -0.4 is 11.1 Å². The Morgan fingerprint density at radius 1 is 1.56 bits per heavy atom. The van der Waals surface area contributed by atoms with Crippen molar-refractivity contribution in [2.75, 3.05) is 17.3 Å². The average Bonchev–Trinajstić information content (AvgIpc) is 2.17. The first-order chi connectivity index (χ1) is 7.54. The summed E-state index contributed by atoms with van der Waals surface area (Å²) in [6, 6.07) is 6.56. The average molecular weight is 254 g/mol. The van der Waals surface area contributed by atoms with E-state index >= 15 is 0 Å². The number of anilines is 1. The smallest absolute Gasteiger partial charge is 0.104 e. The highest BCUT2D eigenvalue weighted by molar-refractivity contribution is 7.98. The van der Waals surface area contributed by atoms with Crippen LogP contribution in [-0.2, 0) is 0 Å². The van der Waals surface area contributed by atoms with Gasteiger partial charge in [-0.3, -0.25) is 0 Å². The number of nitrogens with two attached hydrogens (primary N) is 1. The molecule has 4 heteroatoms. The molecule has 0 spiro atoms. The van der Waals surface area contributed by atoms with E-state index in [0.717, 1.165) is 22.6 Å². The predicted molar refractivity (Wildman–Crippen MR) is 78.5 cm³/mol. The van der Waals surface area contributed by atoms with Gasteiger partial charge in [0.1, 0.15) is 4.99 Å². The Morgan fingerprint density at radius 3 is 2.75 bits per heavy atom. The molecule has 88 valence electrons. The minimum absolute atomic E-state index is 0.459. The van der Waals surface area contributed by atoms with Gasteiger partial charge in [-0.25, -0.2) is 0 Å². The summed E-state index contributed by atoms with van der Waals surface area (Å²) in [5.74, 6) is 1.09. The molecule has 0 saturated heterocycles. The minimum atomic E-state index is 0.459. The molecule has 0 saturated carbocycles. The van der Waals surface area contributed by atoms with Crippen LogP contribution in [0.1, 0.15) is 18.1 Å². The van der Waals surface area contributed by atoms with Crippen molar-refractivity contribution in [2.24, 2.45) is 5.73 Å². The molecular weight excluding hydrogens is 236 g/mol. The van der Waals surface area contributed by atoms with E-state index in [0.29, 0.717) is 11.0 Å². The molecule has 1 aromatic carbocycles. The quantitative estimate of drug-likeness (QED) is 0.793. The van der Waals surface area contributed by atoms with Gasteiger partial charge in [0, 0.05) is 23.0 Å². The zero-order valence-electron chi connectivity index (χ0n) is 9.91. The van der Waals surface area contributed by atoms with Gasteiger partial charge in [0.25, 0.3) is 0 Å². The second kappa shape index (κ2) is 6.11. The van der Waals surface area contributed by atoms with Crippen LogP contribution in [-0.4, -0.2) is 23.0 Å². The van der Waals surface area contributed by atoms with Crippen LogP contribution in [0.2, 0.25) is 0 Å². The van der Waals surface area contributed by atoms with Crippen LogP contribution in [0.4, 0.5) is 5.69 Å². The van der Waals surface area contributed by atoms with Crippen molar-refractivity contribution >= 4 is 34.7 Å². The Balaban J connectivity index is 2.77. The Labute approximate surface area is 107 Å². The first kappa shape index (κ1) is 13.3. The maximum atomic E-state index is 5.62. The lowest BCUT2D eigenvalue weighted by Crippen LogP contribution is -2.18. The maximum absolute atomic E-state index is 5.62. The largest absolute Gasteiger partial charge is 0.389 e. The van der Waals surface area contributed by atoms with E-state index in [2.05, 4.69) is 24.6 Å². The first-order valence-corrected chi connectivity index (χ1v) is 7.00. The Bertz CT molecular complexity index is 377. The second-order valence-electron chi connectivity index (χ2n) is 3.89. The number of hydrogen-bond acceptors (Lipinski definition) is 3. The summed E-state index contributed by atoms with van der Waals surface area (Å²) >= 11 is 6.81. The number of aryl methyl sites for hydroxylation is 1. The molecule has 0 aromatic heterocycles. The molecule has 0 amide bonds. The van der Waals surface area contributed by atoms with Crippen molar-refractivity contribution in [3.63, 3.8) is 0 Å². The number of rotatable bonds is 5. The van der Waals surface area contributed by atoms with Gasteiger partial charge < -0.3 is 11.1 Å². The van der Waals surface area contributed by atoms with E-state index in [9.17, 15) is 0 Å². The molecule has 0 heterocycles. The molecule has 1 atom stereocenters. The molecule has 0 aliphatic heterocycles. The third-order valence-corrected chi connectivity index (χ3v) is 3.37. The summed E-state index contributed by atoms with van der Waals surface area (Å²) in [4.78, 5) is 0.459. The van der Waals surface area contributed by atoms with Crippen LogP contribution >= 0.6 is 24.0 Å². The third-order valence-electron chi connectivity index (χ3n) is 2.32. The van der Waals surface area contributed by atoms with E-state index in [4.69, 9.17) is 18.0 Å². The van der Waals surface area contributed by atoms with Crippen LogP contribution in [0.25, 0.3) is 0 Å². The molecule has 3 N–H and O–H groups in total. The zero-order valence-corrected chi connectivity index (χ0v) is 11.5. The first-order valence-electron chi connectivity index (χ1n) is 5.20. The molecule has 2 nitrogen and oxygen atoms in total. The maximum Gasteiger partial charge on any atom is 0.104 e. The molecule has 1 rings (SSSR count). The highest BCUT2D eigenvalue weighted by Gasteiger charge is 2.04. The topological polar surface area (TPSA) is 38.0 Å². The zero-order chi connectivity index (χ0) is 12.1. The summed E-state index contributed by atoms with van der Waals surface area (Å²) in [5.41, 5.74) is 8.82. The third kappa shape index (κ3) is 3.68. The van der Waals surface area contributed by atoms with Crippen LogP contribution in [0, 0.1) is 6.92 Å². The number of hydrogen-bond donors (Lipinski definition) is 2. The normalized spacial score (nSPS) is 12.2. The summed E-state index contributed by atoms with van der Waals surface area (Å²) < 4.78 is 0. The van der Waals surface area contributed by atoms with E-state index < -0.39 is 0 Å².